The normalized spacial score (nSPS) is 10.4. The number of esters is 1. The van der Waals surface area contributed by atoms with E-state index in [1.165, 1.54) is 59.5 Å². The molecule has 8 heteroatoms. The van der Waals surface area contributed by atoms with E-state index in [4.69, 9.17) is 4.74 Å². The molecule has 0 saturated heterocycles. The van der Waals surface area contributed by atoms with Crippen LogP contribution in [0.4, 0.5) is 4.39 Å². The number of carbonyl (C=O) groups is 2. The molecule has 0 fully saturated rings. The fourth-order valence-corrected chi connectivity index (χ4v) is 1.99. The van der Waals surface area contributed by atoms with Crippen LogP contribution in [0.3, 0.4) is 0 Å². The summed E-state index contributed by atoms with van der Waals surface area (Å²) in [6, 6.07) is 11.4. The lowest BCUT2D eigenvalue weighted by molar-refractivity contribution is -0.135. The van der Waals surface area contributed by atoms with Crippen molar-refractivity contribution in [3.63, 3.8) is 0 Å². The number of carbonyl (C=O) groups excluding carboxylic acids is 2. The van der Waals surface area contributed by atoms with Gasteiger partial charge < -0.3 is 4.74 Å². The van der Waals surface area contributed by atoms with Crippen LogP contribution < -0.4 is 4.74 Å². The van der Waals surface area contributed by atoms with E-state index in [2.05, 4.69) is 15.5 Å². The molecule has 1 aromatic heterocycles. The number of tetrazole rings is 1. The topological polar surface area (TPSA) is 87.0 Å². The molecule has 0 spiro atoms. The van der Waals surface area contributed by atoms with Crippen LogP contribution in [0.1, 0.15) is 15.9 Å². The molecule has 3 rings (SSSR count). The Morgan fingerprint density at radius 3 is 2.21 bits per heavy atom. The Hall–Kier alpha value is -3.42. The van der Waals surface area contributed by atoms with Gasteiger partial charge in [-0.2, -0.15) is 0 Å². The van der Waals surface area contributed by atoms with Crippen molar-refractivity contribution in [3.8, 4) is 5.75 Å². The van der Waals surface area contributed by atoms with E-state index < -0.39 is 11.8 Å². The average molecular weight is 326 g/mol. The highest BCUT2D eigenvalue weighted by atomic mass is 19.1. The minimum Gasteiger partial charge on any atom is -0.425 e. The summed E-state index contributed by atoms with van der Waals surface area (Å²) in [5, 5.41) is 10.4. The molecule has 7 nitrogen and oxygen atoms in total. The molecule has 0 radical (unpaired) electrons. The highest BCUT2D eigenvalue weighted by molar-refractivity contribution is 6.09. The van der Waals surface area contributed by atoms with Gasteiger partial charge in [0.25, 0.3) is 0 Å². The summed E-state index contributed by atoms with van der Waals surface area (Å²) in [5.74, 6) is -0.901. The van der Waals surface area contributed by atoms with Crippen LogP contribution in [0.15, 0.2) is 54.9 Å². The summed E-state index contributed by atoms with van der Waals surface area (Å²) < 4.78 is 19.2. The zero-order valence-electron chi connectivity index (χ0n) is 12.3. The molecule has 120 valence electrons. The summed E-state index contributed by atoms with van der Waals surface area (Å²) in [6.45, 7) is -0.122. The van der Waals surface area contributed by atoms with Crippen molar-refractivity contribution in [2.45, 2.75) is 6.54 Å². The van der Waals surface area contributed by atoms with E-state index in [1.54, 1.807) is 0 Å². The molecule has 0 aliphatic carbocycles. The maximum atomic E-state index is 12.9. The van der Waals surface area contributed by atoms with Crippen molar-refractivity contribution in [3.05, 3.63) is 71.8 Å². The number of rotatable bonds is 5. The summed E-state index contributed by atoms with van der Waals surface area (Å²) in [4.78, 5) is 24.0. The predicted molar refractivity (Wildman–Crippen MR) is 79.7 cm³/mol. The molecular formula is C16H11FN4O3. The van der Waals surface area contributed by atoms with Crippen LogP contribution in [-0.2, 0) is 11.3 Å². The molecule has 0 bridgehead atoms. The van der Waals surface area contributed by atoms with Gasteiger partial charge in [0, 0.05) is 11.1 Å². The SMILES string of the molecule is O=C(Cn1cnnn1)Oc1ccc(C(=O)c2ccc(F)cc2)cc1. The molecule has 0 unspecified atom stereocenters. The highest BCUT2D eigenvalue weighted by Gasteiger charge is 2.11. The van der Waals surface area contributed by atoms with Crippen molar-refractivity contribution in [2.24, 2.45) is 0 Å². The first-order valence-corrected chi connectivity index (χ1v) is 6.93. The molecule has 1 heterocycles. The lowest BCUT2D eigenvalue weighted by Gasteiger charge is -2.05. The third kappa shape index (κ3) is 3.67. The van der Waals surface area contributed by atoms with Crippen LogP contribution >= 0.6 is 0 Å². The monoisotopic (exact) mass is 326 g/mol. The van der Waals surface area contributed by atoms with Gasteiger partial charge in [0.1, 0.15) is 24.4 Å². The smallest absolute Gasteiger partial charge is 0.333 e. The first-order valence-electron chi connectivity index (χ1n) is 6.93. The highest BCUT2D eigenvalue weighted by Crippen LogP contribution is 2.16. The maximum absolute atomic E-state index is 12.9. The van der Waals surface area contributed by atoms with Crippen molar-refractivity contribution >= 4 is 11.8 Å². The molecular weight excluding hydrogens is 315 g/mol. The molecule has 0 saturated carbocycles. The summed E-state index contributed by atoms with van der Waals surface area (Å²) in [6.07, 6.45) is 1.30. The van der Waals surface area contributed by atoms with E-state index in [1.807, 2.05) is 0 Å². The summed E-state index contributed by atoms with van der Waals surface area (Å²) in [7, 11) is 0. The standard InChI is InChI=1S/C16H11FN4O3/c17-13-5-1-11(2-6-13)16(23)12-3-7-14(8-4-12)24-15(22)9-21-10-18-19-20-21/h1-8,10H,9H2. The second-order valence-electron chi connectivity index (χ2n) is 4.84. The van der Waals surface area contributed by atoms with E-state index in [0.717, 1.165) is 0 Å². The van der Waals surface area contributed by atoms with Crippen molar-refractivity contribution < 1.29 is 18.7 Å². The Morgan fingerprint density at radius 2 is 1.62 bits per heavy atom. The Kier molecular flexibility index (Phi) is 4.37. The molecule has 24 heavy (non-hydrogen) atoms. The summed E-state index contributed by atoms with van der Waals surface area (Å²) in [5.41, 5.74) is 0.779. The van der Waals surface area contributed by atoms with Gasteiger partial charge >= 0.3 is 5.97 Å². The van der Waals surface area contributed by atoms with E-state index >= 15 is 0 Å². The van der Waals surface area contributed by atoms with Crippen LogP contribution in [0.2, 0.25) is 0 Å². The minimum atomic E-state index is -0.542. The largest absolute Gasteiger partial charge is 0.425 e. The first kappa shape index (κ1) is 15.5. The first-order chi connectivity index (χ1) is 11.6. The number of ether oxygens (including phenoxy) is 1. The number of ketones is 1. The van der Waals surface area contributed by atoms with Gasteiger partial charge in [0.15, 0.2) is 5.78 Å². The van der Waals surface area contributed by atoms with E-state index in [9.17, 15) is 14.0 Å². The van der Waals surface area contributed by atoms with Gasteiger partial charge in [-0.3, -0.25) is 4.79 Å². The Labute approximate surface area is 135 Å². The van der Waals surface area contributed by atoms with Gasteiger partial charge in [-0.25, -0.2) is 13.9 Å². The fourth-order valence-electron chi connectivity index (χ4n) is 1.99. The van der Waals surface area contributed by atoms with E-state index in [0.29, 0.717) is 16.9 Å². The summed E-state index contributed by atoms with van der Waals surface area (Å²) >= 11 is 0. The Bertz CT molecular complexity index is 846. The lowest BCUT2D eigenvalue weighted by atomic mass is 10.0. The molecule has 0 amide bonds. The Morgan fingerprint density at radius 1 is 1.00 bits per heavy atom. The van der Waals surface area contributed by atoms with Crippen LogP contribution in [0.25, 0.3) is 0 Å². The third-order valence-corrected chi connectivity index (χ3v) is 3.14. The van der Waals surface area contributed by atoms with Gasteiger partial charge in [0.05, 0.1) is 0 Å². The second-order valence-corrected chi connectivity index (χ2v) is 4.84. The zero-order chi connectivity index (χ0) is 16.9. The van der Waals surface area contributed by atoms with Gasteiger partial charge in [-0.15, -0.1) is 5.10 Å². The van der Waals surface area contributed by atoms with Gasteiger partial charge in [0.2, 0.25) is 0 Å². The molecule has 0 aliphatic rings. The van der Waals surface area contributed by atoms with Crippen molar-refractivity contribution in [1.82, 2.24) is 20.2 Å². The molecule has 0 aliphatic heterocycles. The van der Waals surface area contributed by atoms with E-state index in [-0.39, 0.29) is 12.3 Å². The Balaban J connectivity index is 1.65. The molecule has 2 aromatic carbocycles. The number of hydrogen-bond acceptors (Lipinski definition) is 6. The quantitative estimate of drug-likeness (QED) is 0.402. The molecule has 0 atom stereocenters. The third-order valence-electron chi connectivity index (χ3n) is 3.14. The average Bonchev–Trinajstić information content (AvgIpc) is 3.08. The molecule has 0 N–H and O–H groups in total. The van der Waals surface area contributed by atoms with Crippen LogP contribution in [0, 0.1) is 5.82 Å². The fraction of sp³-hybridized carbons (Fsp3) is 0.0625. The number of nitrogens with zero attached hydrogens (tertiary/aromatic N) is 4. The van der Waals surface area contributed by atoms with Gasteiger partial charge in [-0.1, -0.05) is 0 Å². The predicted octanol–water partition coefficient (Wildman–Crippen LogP) is 1.65. The number of hydrogen-bond donors (Lipinski definition) is 0. The zero-order valence-corrected chi connectivity index (χ0v) is 12.3. The van der Waals surface area contributed by atoms with Crippen molar-refractivity contribution in [2.75, 3.05) is 0 Å². The maximum Gasteiger partial charge on any atom is 0.333 e. The number of aromatic nitrogens is 4. The minimum absolute atomic E-state index is 0.122. The van der Waals surface area contributed by atoms with Crippen LogP contribution in [-0.4, -0.2) is 32.0 Å². The lowest BCUT2D eigenvalue weighted by Crippen LogP contribution is -2.16. The molecule has 3 aromatic rings. The van der Waals surface area contributed by atoms with Crippen molar-refractivity contribution in [1.29, 1.82) is 0 Å². The number of halogens is 1. The van der Waals surface area contributed by atoms with Gasteiger partial charge in [-0.05, 0) is 59.0 Å². The van der Waals surface area contributed by atoms with Crippen LogP contribution in [0.5, 0.6) is 5.75 Å². The second kappa shape index (κ2) is 6.78. The number of benzene rings is 2.